The van der Waals surface area contributed by atoms with E-state index in [1.54, 1.807) is 81.5 Å². The summed E-state index contributed by atoms with van der Waals surface area (Å²) in [6.45, 7) is 53.4. The molecule has 0 fully saturated rings. The lowest BCUT2D eigenvalue weighted by molar-refractivity contribution is -0.0766. The number of hydrogen-bond donors (Lipinski definition) is 0. The third kappa shape index (κ3) is 33.5. The van der Waals surface area contributed by atoms with E-state index in [2.05, 4.69) is 135 Å². The monoisotopic (exact) mass is 1790 g/mol. The topological polar surface area (TPSA) is 345 Å². The van der Waals surface area contributed by atoms with Gasteiger partial charge in [-0.05, 0) is 157 Å². The summed E-state index contributed by atoms with van der Waals surface area (Å²) >= 11 is 0. The van der Waals surface area contributed by atoms with Crippen molar-refractivity contribution in [1.29, 1.82) is 21.0 Å². The van der Waals surface area contributed by atoms with E-state index < -0.39 is 49.8 Å². The first kappa shape index (κ1) is 107. The molecule has 4 aromatic heterocycles. The van der Waals surface area contributed by atoms with Gasteiger partial charge in [0.25, 0.3) is 0 Å². The molecule has 0 amide bonds. The van der Waals surface area contributed by atoms with E-state index >= 15 is 0 Å². The van der Waals surface area contributed by atoms with Crippen molar-refractivity contribution in [3.63, 3.8) is 0 Å². The SMILES string of the molecule is CCC(C)OC(=O)OC(C)O/C(=C(/C#N)c1ccc(C(C)(C)C)cc1)c1cc(C)nn1C.CCCC(C)OC(=O)OC(C)O/C(=C(/C#N)c1ccc(C(C)(C)C)cc1)c1cc(C)nn1C.CCCCCOC(=O)OC(C)O/C(=C(/C#N)c1ccc(C(C)(C)C)cc1)c1cc(C)nn1C.Cc1cc(/C(OC(C)OC(=O)OCC(C)C)=C(\C#N)c2ccc(C(C)(C)C)cc2)n(C)n1. The van der Waals surface area contributed by atoms with Gasteiger partial charge in [0.1, 0.15) is 81.6 Å². The van der Waals surface area contributed by atoms with Crippen molar-refractivity contribution < 1.29 is 76.0 Å². The van der Waals surface area contributed by atoms with Crippen LogP contribution in [0.2, 0.25) is 0 Å². The van der Waals surface area contributed by atoms with Crippen LogP contribution in [0.1, 0.15) is 288 Å². The minimum absolute atomic E-state index is 0.00657. The van der Waals surface area contributed by atoms with Gasteiger partial charge >= 0.3 is 24.6 Å². The molecule has 0 N–H and O–H groups in total. The van der Waals surface area contributed by atoms with Crippen molar-refractivity contribution in [3.05, 3.63) is 211 Å². The molecule has 0 saturated heterocycles. The third-order valence-corrected chi connectivity index (χ3v) is 20.0. The summed E-state index contributed by atoms with van der Waals surface area (Å²) in [7, 11) is 7.09. The number of aromatic nitrogens is 8. The number of benzene rings is 4. The van der Waals surface area contributed by atoms with Gasteiger partial charge in [-0.15, -0.1) is 0 Å². The molecule has 0 radical (unpaired) electrons. The quantitative estimate of drug-likeness (QED) is 0.00972. The lowest BCUT2D eigenvalue weighted by Crippen LogP contribution is -2.22. The summed E-state index contributed by atoms with van der Waals surface area (Å²) < 4.78 is 72.2. The molecule has 28 nitrogen and oxygen atoms in total. The highest BCUT2D eigenvalue weighted by Gasteiger charge is 2.30. The van der Waals surface area contributed by atoms with Crippen LogP contribution in [0.5, 0.6) is 0 Å². The lowest BCUT2D eigenvalue weighted by atomic mass is 9.86. The zero-order valence-corrected chi connectivity index (χ0v) is 82.1. The largest absolute Gasteiger partial charge is 0.511 e. The van der Waals surface area contributed by atoms with E-state index in [1.807, 2.05) is 184 Å². The molecule has 0 aliphatic heterocycles. The van der Waals surface area contributed by atoms with Gasteiger partial charge in [0.15, 0.2) is 23.0 Å². The molecule has 0 aliphatic rings. The molecule has 0 saturated carbocycles. The van der Waals surface area contributed by atoms with Gasteiger partial charge in [0.05, 0.1) is 36.0 Å². The van der Waals surface area contributed by atoms with Crippen molar-refractivity contribution in [3.8, 4) is 24.3 Å². The van der Waals surface area contributed by atoms with Crippen molar-refractivity contribution >= 4 is 70.0 Å². The van der Waals surface area contributed by atoms with Crippen LogP contribution in [0.4, 0.5) is 19.2 Å². The number of unbranched alkanes of at least 4 members (excludes halogenated alkanes) is 2. The van der Waals surface area contributed by atoms with Gasteiger partial charge in [0.2, 0.25) is 25.2 Å². The summed E-state index contributed by atoms with van der Waals surface area (Å²) in [5.41, 5.74) is 14.2. The molecular weight excluding hydrogens is 1650 g/mol. The highest BCUT2D eigenvalue weighted by Crippen LogP contribution is 2.37. The van der Waals surface area contributed by atoms with Gasteiger partial charge < -0.3 is 56.8 Å². The first-order valence-electron chi connectivity index (χ1n) is 44.0. The average Bonchev–Trinajstić information content (AvgIpc) is 1.60. The fourth-order valence-electron chi connectivity index (χ4n) is 12.9. The van der Waals surface area contributed by atoms with Crippen molar-refractivity contribution in [2.45, 2.75) is 284 Å². The van der Waals surface area contributed by atoms with Crippen LogP contribution in [0.3, 0.4) is 0 Å². The second-order valence-corrected chi connectivity index (χ2v) is 36.3. The first-order valence-corrected chi connectivity index (χ1v) is 44.0. The van der Waals surface area contributed by atoms with E-state index in [-0.39, 0.29) is 69.4 Å². The van der Waals surface area contributed by atoms with E-state index in [0.717, 1.165) is 77.1 Å². The molecule has 6 unspecified atom stereocenters. The van der Waals surface area contributed by atoms with E-state index in [0.29, 0.717) is 80.3 Å². The Labute approximate surface area is 769 Å². The molecule has 28 heteroatoms. The molecule has 6 atom stereocenters. The van der Waals surface area contributed by atoms with Crippen LogP contribution < -0.4 is 0 Å². The van der Waals surface area contributed by atoms with E-state index in [9.17, 15) is 40.2 Å². The van der Waals surface area contributed by atoms with Gasteiger partial charge in [0, 0.05) is 55.9 Å². The summed E-state index contributed by atoms with van der Waals surface area (Å²) in [5, 5.41) is 57.7. The van der Waals surface area contributed by atoms with Crippen LogP contribution in [-0.4, -0.2) is 114 Å². The Bertz CT molecular complexity index is 5370. The molecule has 0 aliphatic carbocycles. The molecule has 4 aromatic carbocycles. The minimum Gasteiger partial charge on any atom is -0.451 e. The number of ether oxygens (including phenoxy) is 12. The Kier molecular flexibility index (Phi) is 40.9. The maximum Gasteiger partial charge on any atom is 0.511 e. The molecule has 130 heavy (non-hydrogen) atoms. The Hall–Kier alpha value is -13.1. The van der Waals surface area contributed by atoms with Crippen LogP contribution in [0, 0.1) is 78.9 Å². The maximum absolute atomic E-state index is 12.1. The van der Waals surface area contributed by atoms with E-state index in [1.165, 1.54) is 0 Å². The van der Waals surface area contributed by atoms with Crippen LogP contribution >= 0.6 is 0 Å². The van der Waals surface area contributed by atoms with Crippen molar-refractivity contribution in [2.24, 2.45) is 34.1 Å². The molecular formula is C102H136N12O16. The molecule has 8 aromatic rings. The standard InChI is InChI=1S/2C26H35N3O4.2C25H33N3O4/c1-9-10-18(3)31-25(30)33-19(4)32-24(23-15-17(2)28-29(23)8)22(16-27)20-11-13-21(14-12-20)26(5,6)7;1-8-9-10-15-31-25(30)33-19(3)32-24(23-16-18(2)28-29(23)7)22(17-27)20-11-13-21(14-12-20)26(4,5)6;1-16(2)15-30-24(29)32-18(4)31-23(22-13-17(3)27-28(22)8)21(14-26)19-9-11-20(12-10-19)25(5,6)7;1-9-17(3)30-24(29)32-18(4)31-23(22-14-16(2)27-28(22)8)21(15-26)19-10-12-20(13-11-19)25(5,6)7/h11-15,18-19H,9-10H2,1-8H3;11-14,16,19H,8-10,15H2,1-7H3;9-13,16,18H,15H2,1-8H3;10-14,17-18H,9H2,1-8H3/b2*24-22-;2*23-21-. The second-order valence-electron chi connectivity index (χ2n) is 36.3. The zero-order chi connectivity index (χ0) is 97.5. The van der Waals surface area contributed by atoms with Gasteiger partial charge in [-0.2, -0.15) is 41.4 Å². The van der Waals surface area contributed by atoms with Crippen molar-refractivity contribution in [1.82, 2.24) is 39.1 Å². The fourth-order valence-corrected chi connectivity index (χ4v) is 12.9. The Balaban J connectivity index is 0.000000307. The van der Waals surface area contributed by atoms with Crippen LogP contribution in [0.15, 0.2) is 121 Å². The lowest BCUT2D eigenvalue weighted by Gasteiger charge is -2.21. The Morgan fingerprint density at radius 2 is 0.585 bits per heavy atom. The fraction of sp³-hybridized carbons (Fsp3) is 0.490. The summed E-state index contributed by atoms with van der Waals surface area (Å²) in [5.74, 6) is 1.32. The Morgan fingerprint density at radius 3 is 0.792 bits per heavy atom. The normalized spacial score (nSPS) is 13.6. The number of carbonyl (C=O) groups is 4. The van der Waals surface area contributed by atoms with E-state index in [4.69, 9.17) is 56.8 Å². The summed E-state index contributed by atoms with van der Waals surface area (Å²) in [6, 6.07) is 47.5. The first-order chi connectivity index (χ1) is 60.9. The number of rotatable bonds is 31. The predicted octanol–water partition coefficient (Wildman–Crippen LogP) is 23.6. The molecule has 4 heterocycles. The van der Waals surface area contributed by atoms with Gasteiger partial charge in [-0.3, -0.25) is 18.7 Å². The minimum atomic E-state index is -0.978. The Morgan fingerprint density at radius 1 is 0.338 bits per heavy atom. The summed E-state index contributed by atoms with van der Waals surface area (Å²) in [6.07, 6.45) is -2.55. The predicted molar refractivity (Wildman–Crippen MR) is 503 cm³/mol. The number of aryl methyl sites for hydroxylation is 8. The third-order valence-electron chi connectivity index (χ3n) is 20.0. The number of allylic oxidation sites excluding steroid dienone is 4. The van der Waals surface area contributed by atoms with Crippen molar-refractivity contribution in [2.75, 3.05) is 13.2 Å². The number of nitriles is 4. The highest BCUT2D eigenvalue weighted by atomic mass is 16.8. The van der Waals surface area contributed by atoms with Gasteiger partial charge in [-0.25, -0.2) is 19.2 Å². The van der Waals surface area contributed by atoms with Crippen LogP contribution in [-0.2, 0) is 107 Å². The highest BCUT2D eigenvalue weighted by molar-refractivity contribution is 5.97. The zero-order valence-electron chi connectivity index (χ0n) is 82.1. The van der Waals surface area contributed by atoms with Crippen LogP contribution in [0.25, 0.3) is 45.3 Å². The molecule has 8 rings (SSSR count). The number of hydrogen-bond acceptors (Lipinski definition) is 24. The number of carbonyl (C=O) groups excluding carboxylic acids is 4. The summed E-state index contributed by atoms with van der Waals surface area (Å²) in [4.78, 5) is 48.2. The smallest absolute Gasteiger partial charge is 0.451 e. The second kappa shape index (κ2) is 49.5. The number of nitrogens with zero attached hydrogens (tertiary/aromatic N) is 12. The molecule has 0 spiro atoms. The maximum atomic E-state index is 12.1. The average molecular weight is 1790 g/mol. The molecule has 700 valence electrons. The van der Waals surface area contributed by atoms with Gasteiger partial charge in [-0.1, -0.05) is 234 Å². The molecule has 0 bridgehead atoms.